The normalized spacial score (nSPS) is 22.2. The highest BCUT2D eigenvalue weighted by Gasteiger charge is 2.39. The Balaban J connectivity index is 2.09. The van der Waals surface area contributed by atoms with Crippen LogP contribution < -0.4 is 0 Å². The van der Waals surface area contributed by atoms with Crippen LogP contribution in [0.3, 0.4) is 0 Å². The van der Waals surface area contributed by atoms with Gasteiger partial charge < -0.3 is 14.2 Å². The van der Waals surface area contributed by atoms with Crippen molar-refractivity contribution in [1.82, 2.24) is 0 Å². The lowest BCUT2D eigenvalue weighted by Crippen LogP contribution is -2.33. The maximum absolute atomic E-state index is 11.4. The number of nitrogens with zero attached hydrogens (tertiary/aromatic N) is 1. The van der Waals surface area contributed by atoms with Gasteiger partial charge in [0.2, 0.25) is 0 Å². The van der Waals surface area contributed by atoms with E-state index in [1.807, 2.05) is 6.07 Å². The Kier molecular flexibility index (Phi) is 3.46. The molecule has 0 atom stereocenters. The van der Waals surface area contributed by atoms with Crippen LogP contribution in [0.15, 0.2) is 11.1 Å². The predicted octanol–water partition coefficient (Wildman–Crippen LogP) is 1.30. The molecule has 0 aromatic rings. The van der Waals surface area contributed by atoms with Crippen molar-refractivity contribution >= 4 is 5.97 Å². The Hall–Kier alpha value is -1.38. The monoisotopic (exact) mass is 237 g/mol. The van der Waals surface area contributed by atoms with Gasteiger partial charge in [0, 0.05) is 12.8 Å². The van der Waals surface area contributed by atoms with Crippen LogP contribution in [0.2, 0.25) is 0 Å². The number of allylic oxidation sites excluding steroid dienone is 1. The van der Waals surface area contributed by atoms with Gasteiger partial charge in [-0.15, -0.1) is 0 Å². The van der Waals surface area contributed by atoms with E-state index < -0.39 is 11.8 Å². The van der Waals surface area contributed by atoms with Gasteiger partial charge in [0.15, 0.2) is 5.79 Å². The summed E-state index contributed by atoms with van der Waals surface area (Å²) >= 11 is 0. The molecule has 1 spiro atoms. The summed E-state index contributed by atoms with van der Waals surface area (Å²) in [6.07, 6.45) is 2.70. The summed E-state index contributed by atoms with van der Waals surface area (Å²) in [4.78, 5) is 11.4. The summed E-state index contributed by atoms with van der Waals surface area (Å²) in [5, 5.41) is 8.97. The molecule has 1 saturated heterocycles. The third-order valence-corrected chi connectivity index (χ3v) is 3.28. The summed E-state index contributed by atoms with van der Waals surface area (Å²) < 4.78 is 15.8. The topological polar surface area (TPSA) is 68.6 Å². The van der Waals surface area contributed by atoms with Gasteiger partial charge in [0.1, 0.15) is 11.6 Å². The van der Waals surface area contributed by atoms with Crippen molar-refractivity contribution in [3.8, 4) is 6.07 Å². The molecule has 2 rings (SSSR count). The van der Waals surface area contributed by atoms with Gasteiger partial charge in [-0.05, 0) is 18.4 Å². The van der Waals surface area contributed by atoms with Gasteiger partial charge in [-0.1, -0.05) is 0 Å². The maximum Gasteiger partial charge on any atom is 0.348 e. The summed E-state index contributed by atoms with van der Waals surface area (Å²) in [5.41, 5.74) is 0.990. The molecule has 0 amide bonds. The average Bonchev–Trinajstić information content (AvgIpc) is 2.81. The van der Waals surface area contributed by atoms with Crippen LogP contribution in [-0.4, -0.2) is 32.1 Å². The van der Waals surface area contributed by atoms with Gasteiger partial charge in [0.05, 0.1) is 20.3 Å². The molecule has 2 aliphatic rings. The van der Waals surface area contributed by atoms with E-state index in [1.54, 1.807) is 0 Å². The highest BCUT2D eigenvalue weighted by Crippen LogP contribution is 2.38. The van der Waals surface area contributed by atoms with E-state index in [0.29, 0.717) is 38.9 Å². The van der Waals surface area contributed by atoms with E-state index in [-0.39, 0.29) is 5.57 Å². The number of hydrogen-bond acceptors (Lipinski definition) is 5. The van der Waals surface area contributed by atoms with Crippen LogP contribution in [0.25, 0.3) is 0 Å². The van der Waals surface area contributed by atoms with Crippen LogP contribution in [-0.2, 0) is 19.0 Å². The Morgan fingerprint density at radius 2 is 1.94 bits per heavy atom. The quantitative estimate of drug-likeness (QED) is 0.390. The molecule has 92 valence electrons. The number of rotatable bonds is 1. The fourth-order valence-corrected chi connectivity index (χ4v) is 2.34. The van der Waals surface area contributed by atoms with Crippen LogP contribution in [0.4, 0.5) is 0 Å². The predicted molar refractivity (Wildman–Crippen MR) is 57.8 cm³/mol. The molecule has 5 heteroatoms. The average molecular weight is 237 g/mol. The van der Waals surface area contributed by atoms with Gasteiger partial charge in [-0.3, -0.25) is 0 Å². The second kappa shape index (κ2) is 4.86. The van der Waals surface area contributed by atoms with Gasteiger partial charge in [-0.2, -0.15) is 5.26 Å². The molecule has 0 bridgehead atoms. The zero-order valence-electron chi connectivity index (χ0n) is 9.82. The lowest BCUT2D eigenvalue weighted by molar-refractivity contribution is -0.171. The van der Waals surface area contributed by atoms with Crippen molar-refractivity contribution in [3.63, 3.8) is 0 Å². The van der Waals surface area contributed by atoms with Crippen LogP contribution >= 0.6 is 0 Å². The van der Waals surface area contributed by atoms with E-state index in [2.05, 4.69) is 4.74 Å². The number of nitriles is 1. The number of carbonyl (C=O) groups excluding carboxylic acids is 1. The smallest absolute Gasteiger partial charge is 0.348 e. The summed E-state index contributed by atoms with van der Waals surface area (Å²) in [6.45, 7) is 1.25. The molecular weight excluding hydrogens is 222 g/mol. The minimum Gasteiger partial charge on any atom is -0.465 e. The second-order valence-corrected chi connectivity index (χ2v) is 4.19. The summed E-state index contributed by atoms with van der Waals surface area (Å²) in [7, 11) is 1.29. The molecule has 1 aliphatic heterocycles. The zero-order valence-corrected chi connectivity index (χ0v) is 9.82. The fourth-order valence-electron chi connectivity index (χ4n) is 2.34. The number of esters is 1. The number of hydrogen-bond donors (Lipinski definition) is 0. The van der Waals surface area contributed by atoms with Crippen LogP contribution in [0.1, 0.15) is 25.7 Å². The first-order valence-electron chi connectivity index (χ1n) is 5.69. The molecule has 0 N–H and O–H groups in total. The van der Waals surface area contributed by atoms with E-state index in [1.165, 1.54) is 7.11 Å². The number of ether oxygens (including phenoxy) is 3. The van der Waals surface area contributed by atoms with Gasteiger partial charge in [-0.25, -0.2) is 4.79 Å². The SMILES string of the molecule is COC(=O)C(C#N)=C1CCC2(CC1)OCCO2. The van der Waals surface area contributed by atoms with Crippen LogP contribution in [0.5, 0.6) is 0 Å². The molecule has 0 radical (unpaired) electrons. The molecule has 0 aromatic heterocycles. The molecule has 0 aromatic carbocycles. The first-order chi connectivity index (χ1) is 8.21. The number of methoxy groups -OCH3 is 1. The molecule has 1 heterocycles. The maximum atomic E-state index is 11.4. The van der Waals surface area contributed by atoms with Gasteiger partial charge >= 0.3 is 5.97 Å². The lowest BCUT2D eigenvalue weighted by Gasteiger charge is -2.32. The number of carbonyl (C=O) groups is 1. The first-order valence-corrected chi connectivity index (χ1v) is 5.69. The van der Waals surface area contributed by atoms with E-state index >= 15 is 0 Å². The Labute approximate surface area is 99.9 Å². The zero-order chi connectivity index (χ0) is 12.3. The Morgan fingerprint density at radius 1 is 1.35 bits per heavy atom. The third-order valence-electron chi connectivity index (χ3n) is 3.28. The van der Waals surface area contributed by atoms with Crippen LogP contribution in [0, 0.1) is 11.3 Å². The molecule has 2 fully saturated rings. The second-order valence-electron chi connectivity index (χ2n) is 4.19. The standard InChI is InChI=1S/C12H15NO4/c1-15-11(14)10(8-13)9-2-4-12(5-3-9)16-6-7-17-12/h2-7H2,1H3. The lowest BCUT2D eigenvalue weighted by atomic mass is 9.87. The van der Waals surface area contributed by atoms with Crippen molar-refractivity contribution in [3.05, 3.63) is 11.1 Å². The minimum absolute atomic E-state index is 0.139. The molecule has 1 aliphatic carbocycles. The van der Waals surface area contributed by atoms with Crippen molar-refractivity contribution < 1.29 is 19.0 Å². The van der Waals surface area contributed by atoms with E-state index in [0.717, 1.165) is 5.57 Å². The van der Waals surface area contributed by atoms with Crippen molar-refractivity contribution in [2.24, 2.45) is 0 Å². The minimum atomic E-state index is -0.549. The largest absolute Gasteiger partial charge is 0.465 e. The highest BCUT2D eigenvalue weighted by atomic mass is 16.7. The van der Waals surface area contributed by atoms with E-state index in [4.69, 9.17) is 14.7 Å². The Bertz CT molecular complexity index is 376. The molecule has 5 nitrogen and oxygen atoms in total. The highest BCUT2D eigenvalue weighted by molar-refractivity contribution is 5.93. The first kappa shape index (κ1) is 12.1. The summed E-state index contributed by atoms with van der Waals surface area (Å²) in [5.74, 6) is -1.02. The molecule has 0 unspecified atom stereocenters. The molecule has 1 saturated carbocycles. The molecule has 17 heavy (non-hydrogen) atoms. The van der Waals surface area contributed by atoms with E-state index in [9.17, 15) is 4.79 Å². The fraction of sp³-hybridized carbons (Fsp3) is 0.667. The Morgan fingerprint density at radius 3 is 2.41 bits per heavy atom. The van der Waals surface area contributed by atoms with Crippen molar-refractivity contribution in [2.75, 3.05) is 20.3 Å². The van der Waals surface area contributed by atoms with Gasteiger partial charge in [0.25, 0.3) is 0 Å². The van der Waals surface area contributed by atoms with Crippen molar-refractivity contribution in [2.45, 2.75) is 31.5 Å². The molecular formula is C12H15NO4. The third kappa shape index (κ3) is 2.33. The summed E-state index contributed by atoms with van der Waals surface area (Å²) in [6, 6.07) is 1.92. The van der Waals surface area contributed by atoms with Crippen molar-refractivity contribution in [1.29, 1.82) is 5.26 Å².